The Hall–Kier alpha value is -4.45. The van der Waals surface area contributed by atoms with Crippen molar-refractivity contribution in [1.82, 2.24) is 45.1 Å². The summed E-state index contributed by atoms with van der Waals surface area (Å²) in [5.41, 5.74) is 1.71. The van der Waals surface area contributed by atoms with E-state index in [4.69, 9.17) is 11.6 Å². The SMILES string of the molecule is Cc1nc(CNC(=O)NCc2ncnn2-c2ccc3ncc(F)cc3c2)n(-c2ccc(Cl)c(F)c2)n1. The van der Waals surface area contributed by atoms with Gasteiger partial charge in [0.05, 0.1) is 41.2 Å². The van der Waals surface area contributed by atoms with Gasteiger partial charge >= 0.3 is 6.03 Å². The zero-order valence-electron chi connectivity index (χ0n) is 18.8. The Balaban J connectivity index is 1.25. The molecule has 2 aromatic carbocycles. The van der Waals surface area contributed by atoms with Crippen LogP contribution in [0.25, 0.3) is 22.3 Å². The van der Waals surface area contributed by atoms with Crippen molar-refractivity contribution in [2.24, 2.45) is 0 Å². The van der Waals surface area contributed by atoms with Crippen molar-refractivity contribution in [2.75, 3.05) is 0 Å². The summed E-state index contributed by atoms with van der Waals surface area (Å²) < 4.78 is 30.4. The third-order valence-electron chi connectivity index (χ3n) is 5.24. The van der Waals surface area contributed by atoms with Crippen LogP contribution in [0.1, 0.15) is 17.5 Å². The summed E-state index contributed by atoms with van der Waals surface area (Å²) in [5.74, 6) is 0.301. The van der Waals surface area contributed by atoms with E-state index in [9.17, 15) is 13.6 Å². The number of halogens is 3. The number of hydrogen-bond acceptors (Lipinski definition) is 6. The molecule has 0 aliphatic carbocycles. The summed E-state index contributed by atoms with van der Waals surface area (Å²) in [7, 11) is 0. The van der Waals surface area contributed by atoms with Gasteiger partial charge in [0.2, 0.25) is 0 Å². The van der Waals surface area contributed by atoms with Crippen molar-refractivity contribution >= 4 is 28.5 Å². The van der Waals surface area contributed by atoms with Crippen LogP contribution in [-0.2, 0) is 13.1 Å². The third-order valence-corrected chi connectivity index (χ3v) is 5.54. The molecule has 36 heavy (non-hydrogen) atoms. The Bertz CT molecular complexity index is 1580. The standard InChI is InChI=1S/C23H18ClF2N9O/c1-13-32-22(35(33-13)17-2-4-18(24)19(26)8-17)11-29-23(36)28-10-21-30-12-31-34(21)16-3-5-20-14(7-16)6-15(25)9-27-20/h2-9,12H,10-11H2,1H3,(H2,28,29,36). The number of amides is 2. The molecule has 0 saturated carbocycles. The number of aryl methyl sites for hydroxylation is 1. The molecular formula is C23H18ClF2N9O. The highest BCUT2D eigenvalue weighted by Gasteiger charge is 2.14. The van der Waals surface area contributed by atoms with E-state index in [0.717, 1.165) is 6.20 Å². The molecule has 0 aliphatic rings. The van der Waals surface area contributed by atoms with Gasteiger partial charge in [-0.1, -0.05) is 11.6 Å². The molecule has 2 amide bonds. The van der Waals surface area contributed by atoms with Gasteiger partial charge in [0.25, 0.3) is 0 Å². The average molecular weight is 510 g/mol. The number of benzene rings is 2. The molecule has 5 rings (SSSR count). The fraction of sp³-hybridized carbons (Fsp3) is 0.130. The topological polar surface area (TPSA) is 115 Å². The molecule has 0 fully saturated rings. The van der Waals surface area contributed by atoms with Crippen molar-refractivity contribution in [1.29, 1.82) is 0 Å². The van der Waals surface area contributed by atoms with Crippen molar-refractivity contribution in [3.8, 4) is 11.4 Å². The Morgan fingerprint density at radius 2 is 1.72 bits per heavy atom. The highest BCUT2D eigenvalue weighted by Crippen LogP contribution is 2.20. The second-order valence-corrected chi connectivity index (χ2v) is 8.15. The molecule has 5 aromatic rings. The number of hydrogen-bond donors (Lipinski definition) is 2. The Morgan fingerprint density at radius 1 is 0.972 bits per heavy atom. The Kier molecular flexibility index (Phi) is 6.25. The molecule has 13 heteroatoms. The summed E-state index contributed by atoms with van der Waals surface area (Å²) in [6.45, 7) is 1.79. The van der Waals surface area contributed by atoms with E-state index in [1.54, 1.807) is 35.9 Å². The second kappa shape index (κ2) is 9.66. The molecule has 0 radical (unpaired) electrons. The van der Waals surface area contributed by atoms with E-state index in [0.29, 0.717) is 39.8 Å². The fourth-order valence-corrected chi connectivity index (χ4v) is 3.72. The third kappa shape index (κ3) is 4.84. The van der Waals surface area contributed by atoms with Crippen LogP contribution < -0.4 is 10.6 Å². The average Bonchev–Trinajstić information content (AvgIpc) is 3.49. The number of carbonyl (C=O) groups is 1. The molecule has 3 heterocycles. The van der Waals surface area contributed by atoms with Crippen LogP contribution in [0.3, 0.4) is 0 Å². The highest BCUT2D eigenvalue weighted by atomic mass is 35.5. The van der Waals surface area contributed by atoms with Crippen LogP contribution in [-0.4, -0.2) is 40.5 Å². The Labute approximate surface area is 208 Å². The van der Waals surface area contributed by atoms with Crippen LogP contribution in [0.2, 0.25) is 5.02 Å². The summed E-state index contributed by atoms with van der Waals surface area (Å²) in [6, 6.07) is 10.4. The first-order chi connectivity index (χ1) is 17.4. The molecule has 0 saturated heterocycles. The summed E-state index contributed by atoms with van der Waals surface area (Å²) in [5, 5.41) is 14.5. The van der Waals surface area contributed by atoms with Gasteiger partial charge in [0.1, 0.15) is 23.8 Å². The van der Waals surface area contributed by atoms with Crippen molar-refractivity contribution in [3.05, 3.63) is 89.1 Å². The first-order valence-corrected chi connectivity index (χ1v) is 11.1. The van der Waals surface area contributed by atoms with E-state index >= 15 is 0 Å². The van der Waals surface area contributed by atoms with E-state index in [2.05, 4.69) is 35.8 Å². The molecule has 0 aliphatic heterocycles. The second-order valence-electron chi connectivity index (χ2n) is 7.74. The normalized spacial score (nSPS) is 11.1. The molecule has 3 aromatic heterocycles. The van der Waals surface area contributed by atoms with Crippen LogP contribution in [0, 0.1) is 18.6 Å². The Morgan fingerprint density at radius 3 is 2.53 bits per heavy atom. The molecular weight excluding hydrogens is 492 g/mol. The number of nitrogens with one attached hydrogen (secondary N) is 2. The van der Waals surface area contributed by atoms with Crippen LogP contribution in [0.4, 0.5) is 13.6 Å². The molecule has 2 N–H and O–H groups in total. The van der Waals surface area contributed by atoms with Gasteiger partial charge < -0.3 is 10.6 Å². The number of urea groups is 1. The van der Waals surface area contributed by atoms with Gasteiger partial charge in [0.15, 0.2) is 11.6 Å². The van der Waals surface area contributed by atoms with Crippen LogP contribution in [0.15, 0.2) is 55.0 Å². The summed E-state index contributed by atoms with van der Waals surface area (Å²) >= 11 is 5.76. The van der Waals surface area contributed by atoms with Crippen LogP contribution >= 0.6 is 11.6 Å². The quantitative estimate of drug-likeness (QED) is 0.361. The zero-order valence-corrected chi connectivity index (χ0v) is 19.5. The molecule has 0 unspecified atom stereocenters. The van der Waals surface area contributed by atoms with E-state index in [-0.39, 0.29) is 18.1 Å². The van der Waals surface area contributed by atoms with Crippen molar-refractivity contribution < 1.29 is 13.6 Å². The van der Waals surface area contributed by atoms with E-state index in [1.165, 1.54) is 29.2 Å². The van der Waals surface area contributed by atoms with E-state index < -0.39 is 17.7 Å². The van der Waals surface area contributed by atoms with Gasteiger partial charge in [-0.15, -0.1) is 0 Å². The zero-order chi connectivity index (χ0) is 25.2. The number of fused-ring (bicyclic) bond motifs is 1. The van der Waals surface area contributed by atoms with Crippen molar-refractivity contribution in [3.63, 3.8) is 0 Å². The molecule has 0 bridgehead atoms. The number of aromatic nitrogens is 7. The lowest BCUT2D eigenvalue weighted by Gasteiger charge is -2.10. The molecule has 0 atom stereocenters. The number of nitrogens with zero attached hydrogens (tertiary/aromatic N) is 7. The predicted octanol–water partition coefficient (Wildman–Crippen LogP) is 3.64. The maximum Gasteiger partial charge on any atom is 0.315 e. The smallest absolute Gasteiger partial charge is 0.315 e. The molecule has 182 valence electrons. The monoisotopic (exact) mass is 509 g/mol. The minimum absolute atomic E-state index is 0.00462. The van der Waals surface area contributed by atoms with Gasteiger partial charge in [-0.3, -0.25) is 4.98 Å². The van der Waals surface area contributed by atoms with Gasteiger partial charge in [-0.05, 0) is 43.3 Å². The fourth-order valence-electron chi connectivity index (χ4n) is 3.60. The van der Waals surface area contributed by atoms with Gasteiger partial charge in [-0.25, -0.2) is 32.9 Å². The molecule has 10 nitrogen and oxygen atoms in total. The van der Waals surface area contributed by atoms with Gasteiger partial charge in [-0.2, -0.15) is 10.2 Å². The number of rotatable bonds is 6. The highest BCUT2D eigenvalue weighted by molar-refractivity contribution is 6.30. The lowest BCUT2D eigenvalue weighted by Crippen LogP contribution is -2.36. The number of pyridine rings is 1. The maximum atomic E-state index is 13.9. The number of carbonyl (C=O) groups excluding carboxylic acids is 1. The first kappa shape index (κ1) is 23.3. The molecule has 0 spiro atoms. The lowest BCUT2D eigenvalue weighted by molar-refractivity contribution is 0.239. The predicted molar refractivity (Wildman–Crippen MR) is 127 cm³/mol. The largest absolute Gasteiger partial charge is 0.331 e. The summed E-state index contributed by atoms with van der Waals surface area (Å²) in [4.78, 5) is 25.0. The van der Waals surface area contributed by atoms with Gasteiger partial charge in [0, 0.05) is 11.5 Å². The maximum absolute atomic E-state index is 13.9. The summed E-state index contributed by atoms with van der Waals surface area (Å²) in [6.07, 6.45) is 2.52. The van der Waals surface area contributed by atoms with Crippen LogP contribution in [0.5, 0.6) is 0 Å². The lowest BCUT2D eigenvalue weighted by atomic mass is 10.2. The first-order valence-electron chi connectivity index (χ1n) is 10.7. The van der Waals surface area contributed by atoms with Crippen molar-refractivity contribution in [2.45, 2.75) is 20.0 Å². The van der Waals surface area contributed by atoms with E-state index in [1.807, 2.05) is 0 Å². The minimum atomic E-state index is -0.587. The minimum Gasteiger partial charge on any atom is -0.331 e.